The largest absolute Gasteiger partial charge is 0.480 e. The number of hydrogen-bond donors (Lipinski definition) is 2. The SMILES string of the molecule is CCCCCCCCCCCCS(=O)(=O)N[C@@H](CCCC)C(=O)O. The minimum Gasteiger partial charge on any atom is -0.480 e. The topological polar surface area (TPSA) is 83.5 Å². The number of unbranched alkanes of at least 4 members (excludes halogenated alkanes) is 10. The van der Waals surface area contributed by atoms with Gasteiger partial charge in [-0.2, -0.15) is 0 Å². The highest BCUT2D eigenvalue weighted by molar-refractivity contribution is 7.89. The van der Waals surface area contributed by atoms with E-state index in [1.54, 1.807) is 0 Å². The molecule has 0 fully saturated rings. The molecule has 0 aromatic carbocycles. The van der Waals surface area contributed by atoms with Crippen LogP contribution in [-0.4, -0.2) is 31.3 Å². The molecule has 0 spiro atoms. The van der Waals surface area contributed by atoms with Crippen LogP contribution in [0.3, 0.4) is 0 Å². The zero-order valence-electron chi connectivity index (χ0n) is 15.6. The van der Waals surface area contributed by atoms with E-state index in [4.69, 9.17) is 5.11 Å². The monoisotopic (exact) mass is 363 g/mol. The second kappa shape index (κ2) is 14.7. The van der Waals surface area contributed by atoms with Gasteiger partial charge < -0.3 is 5.11 Å². The molecule has 2 N–H and O–H groups in total. The molecule has 0 saturated heterocycles. The van der Waals surface area contributed by atoms with Gasteiger partial charge in [0.1, 0.15) is 6.04 Å². The average molecular weight is 364 g/mol. The smallest absolute Gasteiger partial charge is 0.321 e. The Morgan fingerprint density at radius 1 is 0.833 bits per heavy atom. The molecule has 144 valence electrons. The normalized spacial score (nSPS) is 13.1. The summed E-state index contributed by atoms with van der Waals surface area (Å²) in [6.07, 6.45) is 13.3. The number of carboxylic acid groups (broad SMARTS) is 1. The highest BCUT2D eigenvalue weighted by Crippen LogP contribution is 2.11. The molecule has 24 heavy (non-hydrogen) atoms. The minimum absolute atomic E-state index is 0.0272. The van der Waals surface area contributed by atoms with Crippen LogP contribution in [0.5, 0.6) is 0 Å². The van der Waals surface area contributed by atoms with Crippen molar-refractivity contribution in [1.29, 1.82) is 0 Å². The third-order valence-electron chi connectivity index (χ3n) is 4.23. The number of aliphatic carboxylic acids is 1. The van der Waals surface area contributed by atoms with Crippen molar-refractivity contribution in [2.75, 3.05) is 5.75 Å². The fourth-order valence-electron chi connectivity index (χ4n) is 2.70. The van der Waals surface area contributed by atoms with Gasteiger partial charge in [0.05, 0.1) is 5.75 Å². The lowest BCUT2D eigenvalue weighted by Crippen LogP contribution is -2.41. The Kier molecular flexibility index (Phi) is 14.3. The van der Waals surface area contributed by atoms with E-state index in [-0.39, 0.29) is 5.75 Å². The Hall–Kier alpha value is -0.620. The second-order valence-corrected chi connectivity index (χ2v) is 8.53. The molecule has 0 heterocycles. The number of rotatable bonds is 17. The van der Waals surface area contributed by atoms with Crippen LogP contribution in [0.1, 0.15) is 97.3 Å². The van der Waals surface area contributed by atoms with Crippen molar-refractivity contribution < 1.29 is 18.3 Å². The highest BCUT2D eigenvalue weighted by atomic mass is 32.2. The van der Waals surface area contributed by atoms with Crippen molar-refractivity contribution in [3.63, 3.8) is 0 Å². The first kappa shape index (κ1) is 23.4. The molecule has 0 aliphatic carbocycles. The number of nitrogens with one attached hydrogen (secondary N) is 1. The Morgan fingerprint density at radius 3 is 1.75 bits per heavy atom. The van der Waals surface area contributed by atoms with E-state index in [9.17, 15) is 13.2 Å². The maximum atomic E-state index is 12.0. The summed E-state index contributed by atoms with van der Waals surface area (Å²) in [6, 6.07) is -0.988. The summed E-state index contributed by atoms with van der Waals surface area (Å²) < 4.78 is 26.3. The molecular weight excluding hydrogens is 326 g/mol. The summed E-state index contributed by atoms with van der Waals surface area (Å²) in [5, 5.41) is 9.08. The lowest BCUT2D eigenvalue weighted by molar-refractivity contribution is -0.139. The predicted molar refractivity (Wildman–Crippen MR) is 99.7 cm³/mol. The standard InChI is InChI=1S/C18H37NO4S/c1-3-5-7-8-9-10-11-12-13-14-16-24(22,23)19-17(18(20)21)15-6-4-2/h17,19H,3-16H2,1-2H3,(H,20,21)/t17-/m0/s1. The Labute approximate surface area is 148 Å². The maximum absolute atomic E-state index is 12.0. The Bertz CT molecular complexity index is 409. The number of carboxylic acids is 1. The van der Waals surface area contributed by atoms with E-state index < -0.39 is 22.0 Å². The molecule has 0 saturated carbocycles. The molecule has 0 rings (SSSR count). The fraction of sp³-hybridized carbons (Fsp3) is 0.944. The molecular formula is C18H37NO4S. The van der Waals surface area contributed by atoms with Crippen molar-refractivity contribution in [2.24, 2.45) is 0 Å². The first-order chi connectivity index (χ1) is 11.4. The summed E-state index contributed by atoms with van der Waals surface area (Å²) in [7, 11) is -3.49. The molecule has 6 heteroatoms. The Balaban J connectivity index is 3.78. The molecule has 0 bridgehead atoms. The van der Waals surface area contributed by atoms with Crippen molar-refractivity contribution in [3.8, 4) is 0 Å². The predicted octanol–water partition coefficient (Wildman–Crippen LogP) is 4.47. The van der Waals surface area contributed by atoms with Gasteiger partial charge in [0.2, 0.25) is 10.0 Å². The van der Waals surface area contributed by atoms with Gasteiger partial charge in [0.25, 0.3) is 0 Å². The van der Waals surface area contributed by atoms with Gasteiger partial charge in [0.15, 0.2) is 0 Å². The zero-order valence-corrected chi connectivity index (χ0v) is 16.4. The molecule has 0 radical (unpaired) electrons. The van der Waals surface area contributed by atoms with E-state index in [0.29, 0.717) is 19.3 Å². The first-order valence-corrected chi connectivity index (χ1v) is 11.3. The number of carbonyl (C=O) groups is 1. The van der Waals surface area contributed by atoms with Gasteiger partial charge >= 0.3 is 5.97 Å². The van der Waals surface area contributed by atoms with Gasteiger partial charge in [-0.3, -0.25) is 4.79 Å². The molecule has 0 amide bonds. The molecule has 0 aromatic heterocycles. The van der Waals surface area contributed by atoms with Crippen molar-refractivity contribution in [2.45, 2.75) is 103 Å². The minimum atomic E-state index is -3.49. The van der Waals surface area contributed by atoms with Crippen LogP contribution < -0.4 is 4.72 Å². The first-order valence-electron chi connectivity index (χ1n) is 9.65. The number of sulfonamides is 1. The van der Waals surface area contributed by atoms with Crippen LogP contribution in [0.25, 0.3) is 0 Å². The quantitative estimate of drug-likeness (QED) is 0.373. The van der Waals surface area contributed by atoms with Crippen molar-refractivity contribution in [3.05, 3.63) is 0 Å². The summed E-state index contributed by atoms with van der Waals surface area (Å²) >= 11 is 0. The summed E-state index contributed by atoms with van der Waals surface area (Å²) in [5.41, 5.74) is 0. The highest BCUT2D eigenvalue weighted by Gasteiger charge is 2.22. The molecule has 1 atom stereocenters. The summed E-state index contributed by atoms with van der Waals surface area (Å²) in [4.78, 5) is 11.1. The van der Waals surface area contributed by atoms with Gasteiger partial charge in [-0.25, -0.2) is 13.1 Å². The van der Waals surface area contributed by atoms with E-state index in [1.807, 2.05) is 6.92 Å². The van der Waals surface area contributed by atoms with Crippen LogP contribution in [0.15, 0.2) is 0 Å². The van der Waals surface area contributed by atoms with Crippen LogP contribution >= 0.6 is 0 Å². The molecule has 0 aliphatic heterocycles. The zero-order chi connectivity index (χ0) is 18.3. The summed E-state index contributed by atoms with van der Waals surface area (Å²) in [6.45, 7) is 4.17. The number of hydrogen-bond acceptors (Lipinski definition) is 3. The Morgan fingerprint density at radius 2 is 1.29 bits per heavy atom. The fourth-order valence-corrected chi connectivity index (χ4v) is 4.05. The second-order valence-electron chi connectivity index (χ2n) is 6.65. The maximum Gasteiger partial charge on any atom is 0.321 e. The van der Waals surface area contributed by atoms with Crippen LogP contribution in [-0.2, 0) is 14.8 Å². The van der Waals surface area contributed by atoms with Gasteiger partial charge in [-0.1, -0.05) is 84.5 Å². The lowest BCUT2D eigenvalue weighted by atomic mass is 10.1. The molecule has 0 aliphatic rings. The molecule has 5 nitrogen and oxygen atoms in total. The van der Waals surface area contributed by atoms with Crippen molar-refractivity contribution in [1.82, 2.24) is 4.72 Å². The molecule has 0 unspecified atom stereocenters. The van der Waals surface area contributed by atoms with E-state index >= 15 is 0 Å². The van der Waals surface area contributed by atoms with Crippen molar-refractivity contribution >= 4 is 16.0 Å². The van der Waals surface area contributed by atoms with Gasteiger partial charge in [-0.15, -0.1) is 0 Å². The summed E-state index contributed by atoms with van der Waals surface area (Å²) in [5.74, 6) is -1.06. The van der Waals surface area contributed by atoms with Crippen LogP contribution in [0, 0.1) is 0 Å². The third-order valence-corrected chi connectivity index (χ3v) is 5.70. The lowest BCUT2D eigenvalue weighted by Gasteiger charge is -2.14. The van der Waals surface area contributed by atoms with E-state index in [2.05, 4.69) is 11.6 Å². The average Bonchev–Trinajstić information content (AvgIpc) is 2.53. The third kappa shape index (κ3) is 13.8. The van der Waals surface area contributed by atoms with E-state index in [1.165, 1.54) is 38.5 Å². The van der Waals surface area contributed by atoms with Gasteiger partial charge in [-0.05, 0) is 12.8 Å². The van der Waals surface area contributed by atoms with Gasteiger partial charge in [0, 0.05) is 0 Å². The van der Waals surface area contributed by atoms with E-state index in [0.717, 1.165) is 25.7 Å². The van der Waals surface area contributed by atoms with Crippen LogP contribution in [0.2, 0.25) is 0 Å². The molecule has 0 aromatic rings. The van der Waals surface area contributed by atoms with Crippen LogP contribution in [0.4, 0.5) is 0 Å².